The van der Waals surface area contributed by atoms with Crippen LogP contribution in [0.3, 0.4) is 0 Å². The van der Waals surface area contributed by atoms with Gasteiger partial charge in [0, 0.05) is 13.0 Å². The number of nitrogens with zero attached hydrogens (tertiary/aromatic N) is 1. The summed E-state index contributed by atoms with van der Waals surface area (Å²) < 4.78 is 5.08. The molecule has 126 valence electrons. The fraction of sp³-hybridized carbons (Fsp3) is 0.235. The van der Waals surface area contributed by atoms with E-state index >= 15 is 0 Å². The molecule has 0 saturated heterocycles. The number of aryl methyl sites for hydroxylation is 1. The van der Waals surface area contributed by atoms with E-state index in [1.807, 2.05) is 30.3 Å². The highest BCUT2D eigenvalue weighted by Gasteiger charge is 2.24. The maximum absolute atomic E-state index is 11.5. The summed E-state index contributed by atoms with van der Waals surface area (Å²) in [5.41, 5.74) is 1.64. The van der Waals surface area contributed by atoms with E-state index in [0.717, 1.165) is 5.56 Å². The first-order valence-electron chi connectivity index (χ1n) is 7.36. The molecule has 2 N–H and O–H groups in total. The van der Waals surface area contributed by atoms with Crippen LogP contribution in [0.15, 0.2) is 42.5 Å². The molecule has 0 bridgehead atoms. The summed E-state index contributed by atoms with van der Waals surface area (Å²) >= 11 is 0. The number of anilines is 1. The largest absolute Gasteiger partial charge is 0.490 e. The minimum Gasteiger partial charge on any atom is -0.490 e. The van der Waals surface area contributed by atoms with E-state index in [0.29, 0.717) is 17.8 Å². The first-order chi connectivity index (χ1) is 11.5. The molecular weight excluding hydrogens is 312 g/mol. The Morgan fingerprint density at radius 3 is 2.54 bits per heavy atom. The van der Waals surface area contributed by atoms with Crippen molar-refractivity contribution in [1.82, 2.24) is 0 Å². The van der Waals surface area contributed by atoms with Crippen molar-refractivity contribution in [2.75, 3.05) is 12.4 Å². The first kappa shape index (κ1) is 17.3. The fourth-order valence-corrected chi connectivity index (χ4v) is 2.39. The van der Waals surface area contributed by atoms with E-state index < -0.39 is 10.9 Å². The zero-order valence-electron chi connectivity index (χ0n) is 13.2. The Morgan fingerprint density at radius 2 is 1.96 bits per heavy atom. The van der Waals surface area contributed by atoms with E-state index in [2.05, 4.69) is 5.32 Å². The predicted molar refractivity (Wildman–Crippen MR) is 89.4 cm³/mol. The lowest BCUT2D eigenvalue weighted by atomic mass is 10.0. The van der Waals surface area contributed by atoms with Crippen molar-refractivity contribution in [2.24, 2.45) is 0 Å². The van der Waals surface area contributed by atoms with Crippen LogP contribution in [-0.2, 0) is 17.8 Å². The van der Waals surface area contributed by atoms with E-state index in [1.54, 1.807) is 6.07 Å². The van der Waals surface area contributed by atoms with Gasteiger partial charge in [0.2, 0.25) is 0 Å². The summed E-state index contributed by atoms with van der Waals surface area (Å²) in [6.07, 6.45) is 0.0841. The summed E-state index contributed by atoms with van der Waals surface area (Å²) in [7, 11) is 1.36. The van der Waals surface area contributed by atoms with Crippen LogP contribution in [0.25, 0.3) is 0 Å². The van der Waals surface area contributed by atoms with Gasteiger partial charge in [0.15, 0.2) is 5.75 Å². The Morgan fingerprint density at radius 1 is 1.25 bits per heavy atom. The van der Waals surface area contributed by atoms with E-state index in [9.17, 15) is 14.9 Å². The van der Waals surface area contributed by atoms with Crippen molar-refractivity contribution < 1.29 is 19.6 Å². The zero-order chi connectivity index (χ0) is 17.5. The second-order valence-electron chi connectivity index (χ2n) is 5.14. The average molecular weight is 330 g/mol. The van der Waals surface area contributed by atoms with Crippen LogP contribution in [0, 0.1) is 10.1 Å². The molecule has 2 aromatic carbocycles. The van der Waals surface area contributed by atoms with Gasteiger partial charge in [0.1, 0.15) is 5.69 Å². The van der Waals surface area contributed by atoms with Crippen LogP contribution in [0.2, 0.25) is 0 Å². The number of aliphatic carboxylic acids is 1. The van der Waals surface area contributed by atoms with Gasteiger partial charge in [0.05, 0.1) is 12.0 Å². The third-order valence-corrected chi connectivity index (χ3v) is 3.55. The summed E-state index contributed by atoms with van der Waals surface area (Å²) in [4.78, 5) is 21.8. The highest BCUT2D eigenvalue weighted by Crippen LogP contribution is 2.38. The minimum atomic E-state index is -0.956. The monoisotopic (exact) mass is 330 g/mol. The number of nitro groups is 1. The Labute approximate surface area is 139 Å². The molecule has 0 amide bonds. The maximum atomic E-state index is 11.5. The number of benzene rings is 2. The molecule has 0 aliphatic heterocycles. The topological polar surface area (TPSA) is 102 Å². The number of hydrogen-bond donors (Lipinski definition) is 2. The molecule has 0 aromatic heterocycles. The summed E-state index contributed by atoms with van der Waals surface area (Å²) in [5, 5.41) is 23.4. The number of methoxy groups -OCH3 is 1. The van der Waals surface area contributed by atoms with Gasteiger partial charge in [-0.3, -0.25) is 14.9 Å². The third kappa shape index (κ3) is 4.22. The molecule has 2 aromatic rings. The lowest BCUT2D eigenvalue weighted by Crippen LogP contribution is -2.08. The number of carboxylic acids is 1. The molecule has 2 rings (SSSR count). The Bertz CT molecular complexity index is 731. The molecule has 24 heavy (non-hydrogen) atoms. The van der Waals surface area contributed by atoms with Crippen LogP contribution < -0.4 is 10.1 Å². The van der Waals surface area contributed by atoms with Gasteiger partial charge in [-0.15, -0.1) is 0 Å². The summed E-state index contributed by atoms with van der Waals surface area (Å²) in [6, 6.07) is 12.6. The van der Waals surface area contributed by atoms with Gasteiger partial charge < -0.3 is 15.2 Å². The van der Waals surface area contributed by atoms with E-state index in [-0.39, 0.29) is 24.3 Å². The number of carbonyl (C=O) groups is 1. The Kier molecular flexibility index (Phi) is 5.73. The van der Waals surface area contributed by atoms with Crippen LogP contribution in [0.5, 0.6) is 5.75 Å². The minimum absolute atomic E-state index is 0.108. The van der Waals surface area contributed by atoms with Crippen molar-refractivity contribution in [3.8, 4) is 5.75 Å². The number of nitro benzene ring substituents is 1. The molecule has 0 fully saturated rings. The number of nitrogens with one attached hydrogen (secondary N) is 1. The molecule has 0 saturated carbocycles. The Hall–Kier alpha value is -3.09. The van der Waals surface area contributed by atoms with Crippen LogP contribution >= 0.6 is 0 Å². The molecule has 0 unspecified atom stereocenters. The van der Waals surface area contributed by atoms with Crippen LogP contribution in [0.4, 0.5) is 11.4 Å². The zero-order valence-corrected chi connectivity index (χ0v) is 13.2. The quantitative estimate of drug-likeness (QED) is 0.569. The number of carboxylic acid groups (broad SMARTS) is 1. The fourth-order valence-electron chi connectivity index (χ4n) is 2.39. The van der Waals surface area contributed by atoms with Crippen molar-refractivity contribution in [3.63, 3.8) is 0 Å². The third-order valence-electron chi connectivity index (χ3n) is 3.55. The molecular formula is C17H18N2O5. The molecule has 0 heterocycles. The van der Waals surface area contributed by atoms with Gasteiger partial charge in [-0.1, -0.05) is 36.4 Å². The molecule has 0 aliphatic rings. The second kappa shape index (κ2) is 7.96. The molecule has 0 atom stereocenters. The highest BCUT2D eigenvalue weighted by atomic mass is 16.6. The van der Waals surface area contributed by atoms with Gasteiger partial charge in [-0.05, 0) is 23.6 Å². The molecule has 7 heteroatoms. The Balaban J connectivity index is 2.38. The first-order valence-corrected chi connectivity index (χ1v) is 7.36. The number of hydrogen-bond acceptors (Lipinski definition) is 5. The van der Waals surface area contributed by atoms with Crippen molar-refractivity contribution in [3.05, 3.63) is 63.7 Å². The lowest BCUT2D eigenvalue weighted by molar-refractivity contribution is -0.384. The van der Waals surface area contributed by atoms with E-state index in [1.165, 1.54) is 13.2 Å². The number of rotatable bonds is 8. The normalized spacial score (nSPS) is 10.2. The highest BCUT2D eigenvalue weighted by molar-refractivity contribution is 5.74. The molecule has 0 radical (unpaired) electrons. The summed E-state index contributed by atoms with van der Waals surface area (Å²) in [5.74, 6) is -0.822. The van der Waals surface area contributed by atoms with Crippen LogP contribution in [0.1, 0.15) is 17.5 Å². The van der Waals surface area contributed by atoms with Crippen molar-refractivity contribution in [2.45, 2.75) is 19.4 Å². The second-order valence-corrected chi connectivity index (χ2v) is 5.14. The predicted octanol–water partition coefficient (Wildman–Crippen LogP) is 3.23. The van der Waals surface area contributed by atoms with Gasteiger partial charge in [-0.2, -0.15) is 0 Å². The standard InChI is InChI=1S/C17H18N2O5/c1-24-14-9-7-13(8-10-15(20)21)16(17(14)19(22)23)18-11-12-5-3-2-4-6-12/h2-7,9,18H,8,10-11H2,1H3,(H,20,21). The van der Waals surface area contributed by atoms with Crippen molar-refractivity contribution in [1.29, 1.82) is 0 Å². The summed E-state index contributed by atoms with van der Waals surface area (Å²) in [6.45, 7) is 0.384. The van der Waals surface area contributed by atoms with Gasteiger partial charge in [0.25, 0.3) is 0 Å². The molecule has 0 spiro atoms. The lowest BCUT2D eigenvalue weighted by Gasteiger charge is -2.14. The average Bonchev–Trinajstić information content (AvgIpc) is 2.58. The molecule has 7 nitrogen and oxygen atoms in total. The van der Waals surface area contributed by atoms with Crippen molar-refractivity contribution >= 4 is 17.3 Å². The van der Waals surface area contributed by atoms with Gasteiger partial charge in [-0.25, -0.2) is 0 Å². The maximum Gasteiger partial charge on any atom is 0.334 e. The van der Waals surface area contributed by atoms with E-state index in [4.69, 9.17) is 9.84 Å². The van der Waals surface area contributed by atoms with Crippen LogP contribution in [-0.4, -0.2) is 23.1 Å². The SMILES string of the molecule is COc1ccc(CCC(=O)O)c(NCc2ccccc2)c1[N+](=O)[O-]. The number of ether oxygens (including phenoxy) is 1. The molecule has 0 aliphatic carbocycles. The smallest absolute Gasteiger partial charge is 0.334 e. The van der Waals surface area contributed by atoms with Gasteiger partial charge >= 0.3 is 11.7 Å².